The average molecular weight is 361 g/mol. The number of rotatable bonds is 7. The number of nitrogens with one attached hydrogen (secondary N) is 1. The van der Waals surface area contributed by atoms with Gasteiger partial charge in [0.1, 0.15) is 5.82 Å². The Hall–Kier alpha value is -2.43. The molecule has 27 heavy (non-hydrogen) atoms. The Morgan fingerprint density at radius 1 is 0.815 bits per heavy atom. The molecule has 4 rings (SSSR count). The van der Waals surface area contributed by atoms with Crippen molar-refractivity contribution in [1.29, 1.82) is 0 Å². The lowest BCUT2D eigenvalue weighted by atomic mass is 10.1. The number of nitrogens with zero attached hydrogens (tertiary/aromatic N) is 3. The predicted molar refractivity (Wildman–Crippen MR) is 113 cm³/mol. The number of aromatic nitrogens is 1. The zero-order valence-corrected chi connectivity index (χ0v) is 15.8. The highest BCUT2D eigenvalue weighted by molar-refractivity contribution is 5.91. The molecular formula is C23H28N4. The molecule has 4 heteroatoms. The minimum Gasteiger partial charge on any atom is -0.370 e. The molecule has 0 amide bonds. The minimum absolute atomic E-state index is 0.964. The summed E-state index contributed by atoms with van der Waals surface area (Å²) in [6.07, 6.45) is 3.03. The number of anilines is 1. The summed E-state index contributed by atoms with van der Waals surface area (Å²) in [5, 5.41) is 5.96. The van der Waals surface area contributed by atoms with Crippen molar-refractivity contribution in [3.63, 3.8) is 0 Å². The van der Waals surface area contributed by atoms with E-state index in [1.54, 1.807) is 0 Å². The fraction of sp³-hybridized carbons (Fsp3) is 0.348. The van der Waals surface area contributed by atoms with E-state index in [-0.39, 0.29) is 0 Å². The number of piperazine rings is 1. The maximum Gasteiger partial charge on any atom is 0.133 e. The Morgan fingerprint density at radius 3 is 2.41 bits per heavy atom. The summed E-state index contributed by atoms with van der Waals surface area (Å²) in [6, 6.07) is 21.3. The van der Waals surface area contributed by atoms with Gasteiger partial charge in [-0.25, -0.2) is 4.98 Å². The van der Waals surface area contributed by atoms with Gasteiger partial charge >= 0.3 is 0 Å². The molecule has 1 aromatic heterocycles. The van der Waals surface area contributed by atoms with Crippen molar-refractivity contribution in [2.24, 2.45) is 0 Å². The maximum absolute atomic E-state index is 4.51. The Balaban J connectivity index is 1.18. The van der Waals surface area contributed by atoms with E-state index in [4.69, 9.17) is 0 Å². The van der Waals surface area contributed by atoms with Crippen LogP contribution in [0.1, 0.15) is 12.0 Å². The molecule has 0 saturated carbocycles. The first-order chi connectivity index (χ1) is 13.4. The smallest absolute Gasteiger partial charge is 0.133 e. The van der Waals surface area contributed by atoms with Crippen LogP contribution in [0.2, 0.25) is 0 Å². The summed E-state index contributed by atoms with van der Waals surface area (Å²) in [4.78, 5) is 9.65. The van der Waals surface area contributed by atoms with E-state index in [0.717, 1.165) is 45.0 Å². The minimum atomic E-state index is 0.964. The Kier molecular flexibility index (Phi) is 5.97. The first-order valence-corrected chi connectivity index (χ1v) is 9.95. The van der Waals surface area contributed by atoms with Crippen LogP contribution in [0.3, 0.4) is 0 Å². The van der Waals surface area contributed by atoms with Gasteiger partial charge < -0.3 is 10.2 Å². The van der Waals surface area contributed by atoms with Gasteiger partial charge in [-0.3, -0.25) is 4.90 Å². The van der Waals surface area contributed by atoms with Crippen LogP contribution in [0.25, 0.3) is 10.8 Å². The summed E-state index contributed by atoms with van der Waals surface area (Å²) < 4.78 is 0. The van der Waals surface area contributed by atoms with Gasteiger partial charge in [0, 0.05) is 50.9 Å². The third kappa shape index (κ3) is 4.85. The third-order valence-corrected chi connectivity index (χ3v) is 5.33. The van der Waals surface area contributed by atoms with Crippen LogP contribution in [0.15, 0.2) is 66.9 Å². The van der Waals surface area contributed by atoms with Crippen molar-refractivity contribution in [2.75, 3.05) is 44.6 Å². The van der Waals surface area contributed by atoms with Gasteiger partial charge in [0.05, 0.1) is 0 Å². The predicted octanol–water partition coefficient (Wildman–Crippen LogP) is 3.85. The number of benzene rings is 2. The molecule has 4 nitrogen and oxygen atoms in total. The first kappa shape index (κ1) is 18.0. The number of pyridine rings is 1. The molecule has 140 valence electrons. The first-order valence-electron chi connectivity index (χ1n) is 9.95. The third-order valence-electron chi connectivity index (χ3n) is 5.33. The molecule has 1 aliphatic rings. The fourth-order valence-electron chi connectivity index (χ4n) is 3.78. The molecule has 0 bridgehead atoms. The molecule has 1 aliphatic heterocycles. The molecule has 0 radical (unpaired) electrons. The van der Waals surface area contributed by atoms with Gasteiger partial charge in [0.2, 0.25) is 0 Å². The molecule has 0 aliphatic carbocycles. The monoisotopic (exact) mass is 360 g/mol. The van der Waals surface area contributed by atoms with Crippen LogP contribution in [-0.2, 0) is 6.54 Å². The number of hydrogen-bond acceptors (Lipinski definition) is 4. The van der Waals surface area contributed by atoms with Gasteiger partial charge in [0.15, 0.2) is 0 Å². The highest BCUT2D eigenvalue weighted by atomic mass is 15.3. The van der Waals surface area contributed by atoms with E-state index < -0.39 is 0 Å². The number of hydrogen-bond donors (Lipinski definition) is 1. The second-order valence-electron chi connectivity index (χ2n) is 7.26. The normalized spacial score (nSPS) is 15.9. The number of fused-ring (bicyclic) bond motifs is 1. The van der Waals surface area contributed by atoms with Crippen LogP contribution < -0.4 is 5.32 Å². The molecular weight excluding hydrogens is 332 g/mol. The summed E-state index contributed by atoms with van der Waals surface area (Å²) >= 11 is 0. The summed E-state index contributed by atoms with van der Waals surface area (Å²) in [5.41, 5.74) is 1.41. The van der Waals surface area contributed by atoms with E-state index >= 15 is 0 Å². The molecule has 1 saturated heterocycles. The molecule has 2 heterocycles. The van der Waals surface area contributed by atoms with Crippen LogP contribution >= 0.6 is 0 Å². The lowest BCUT2D eigenvalue weighted by Crippen LogP contribution is -2.46. The molecule has 0 unspecified atom stereocenters. The van der Waals surface area contributed by atoms with Crippen LogP contribution in [0.5, 0.6) is 0 Å². The summed E-state index contributed by atoms with van der Waals surface area (Å²) in [7, 11) is 0. The largest absolute Gasteiger partial charge is 0.370 e. The second kappa shape index (κ2) is 8.98. The van der Waals surface area contributed by atoms with Crippen LogP contribution in [0.4, 0.5) is 5.82 Å². The standard InChI is InChI=1S/C23H28N4/c1-2-7-20(8-3-1)19-27-17-15-26(16-18-27)14-6-12-24-23-22-10-5-4-9-21(22)11-13-25-23/h1-5,7-11,13H,6,12,14-19H2,(H,24,25). The highest BCUT2D eigenvalue weighted by Crippen LogP contribution is 2.20. The molecule has 1 fully saturated rings. The Morgan fingerprint density at radius 2 is 1.56 bits per heavy atom. The fourth-order valence-corrected chi connectivity index (χ4v) is 3.78. The zero-order chi connectivity index (χ0) is 18.3. The van der Waals surface area contributed by atoms with E-state index in [1.165, 1.54) is 29.4 Å². The van der Waals surface area contributed by atoms with Crippen molar-refractivity contribution in [3.05, 3.63) is 72.4 Å². The van der Waals surface area contributed by atoms with Crippen LogP contribution in [0, 0.1) is 0 Å². The maximum atomic E-state index is 4.51. The zero-order valence-electron chi connectivity index (χ0n) is 15.8. The van der Waals surface area contributed by atoms with Gasteiger partial charge in [-0.2, -0.15) is 0 Å². The van der Waals surface area contributed by atoms with E-state index in [1.807, 2.05) is 6.20 Å². The Bertz CT molecular complexity index is 836. The topological polar surface area (TPSA) is 31.4 Å². The lowest BCUT2D eigenvalue weighted by molar-refractivity contribution is 0.127. The average Bonchev–Trinajstić information content (AvgIpc) is 2.73. The van der Waals surface area contributed by atoms with Crippen molar-refractivity contribution < 1.29 is 0 Å². The molecule has 3 aromatic rings. The highest BCUT2D eigenvalue weighted by Gasteiger charge is 2.16. The molecule has 0 atom stereocenters. The molecule has 2 aromatic carbocycles. The lowest BCUT2D eigenvalue weighted by Gasteiger charge is -2.34. The molecule has 0 spiro atoms. The second-order valence-corrected chi connectivity index (χ2v) is 7.26. The van der Waals surface area contributed by atoms with Crippen molar-refractivity contribution in [1.82, 2.24) is 14.8 Å². The van der Waals surface area contributed by atoms with Crippen molar-refractivity contribution in [2.45, 2.75) is 13.0 Å². The van der Waals surface area contributed by atoms with Crippen molar-refractivity contribution >= 4 is 16.6 Å². The SMILES string of the molecule is c1ccc(CN2CCN(CCCNc3nccc4ccccc34)CC2)cc1. The Labute approximate surface area is 161 Å². The van der Waals surface area contributed by atoms with E-state index in [0.29, 0.717) is 0 Å². The van der Waals surface area contributed by atoms with Gasteiger partial charge in [-0.05, 0) is 30.0 Å². The van der Waals surface area contributed by atoms with Gasteiger partial charge in [-0.1, -0.05) is 54.6 Å². The molecule has 1 N–H and O–H groups in total. The van der Waals surface area contributed by atoms with Crippen LogP contribution in [-0.4, -0.2) is 54.1 Å². The summed E-state index contributed by atoms with van der Waals surface area (Å²) in [5.74, 6) is 1.00. The van der Waals surface area contributed by atoms with Gasteiger partial charge in [0.25, 0.3) is 0 Å². The van der Waals surface area contributed by atoms with E-state index in [9.17, 15) is 0 Å². The summed E-state index contributed by atoms with van der Waals surface area (Å²) in [6.45, 7) is 7.84. The van der Waals surface area contributed by atoms with Crippen molar-refractivity contribution in [3.8, 4) is 0 Å². The van der Waals surface area contributed by atoms with Gasteiger partial charge in [-0.15, -0.1) is 0 Å². The quantitative estimate of drug-likeness (QED) is 0.649. The van der Waals surface area contributed by atoms with E-state index in [2.05, 4.69) is 80.8 Å².